The summed E-state index contributed by atoms with van der Waals surface area (Å²) in [5.41, 5.74) is 7.27. The van der Waals surface area contributed by atoms with Crippen LogP contribution in [0.2, 0.25) is 0 Å². The lowest BCUT2D eigenvalue weighted by molar-refractivity contribution is 0.366. The van der Waals surface area contributed by atoms with E-state index in [2.05, 4.69) is 5.11 Å². The van der Waals surface area contributed by atoms with Crippen LogP contribution in [0.3, 0.4) is 0 Å². The van der Waals surface area contributed by atoms with Crippen molar-refractivity contribution in [2.75, 3.05) is 0 Å². The first-order chi connectivity index (χ1) is 15.9. The minimum absolute atomic E-state index is 0.701. The fourth-order valence-electron chi connectivity index (χ4n) is 0.503. The summed E-state index contributed by atoms with van der Waals surface area (Å²) in [5.74, 6) is 0. The molecule has 0 atom stereocenters. The molecular weight excluding hydrogens is 621 g/mol. The topological polar surface area (TPSA) is 36.2 Å². The Morgan fingerprint density at radius 3 is 0.553 bits per heavy atom. The summed E-state index contributed by atoms with van der Waals surface area (Å²) in [5, 5.41) is 3.22. The van der Waals surface area contributed by atoms with Crippen molar-refractivity contribution in [3.8, 4) is 0 Å². The van der Waals surface area contributed by atoms with Crippen LogP contribution >= 0.6 is 0 Å². The first-order valence-corrected chi connectivity index (χ1v) is 7.60. The van der Waals surface area contributed by atoms with Gasteiger partial charge in [-0.1, -0.05) is 18.2 Å². The lowest BCUT2D eigenvalue weighted by atomic mass is 10.3. The SMILES string of the molecule is F[B-](F)(F)F.F[B-](F)(F)F.F[B-](F)(F)F.F[B-](F)(F)F.F[B-](F)(F)F.F[B-](F)(F)F.N=Nc1ccccc1. The van der Waals surface area contributed by atoms with Crippen LogP contribution in [0, 0.1) is 5.53 Å². The molecule has 0 fully saturated rings. The smallest absolute Gasteiger partial charge is 0.418 e. The highest BCUT2D eigenvalue weighted by molar-refractivity contribution is 6.51. The Kier molecular flexibility index (Phi) is 27.4. The van der Waals surface area contributed by atoms with Gasteiger partial charge in [-0.3, -0.25) is 0 Å². The van der Waals surface area contributed by atoms with Crippen LogP contribution < -0.4 is 0 Å². The second kappa shape index (κ2) is 21.5. The summed E-state index contributed by atoms with van der Waals surface area (Å²) in [6.45, 7) is 0. The molecule has 0 radical (unpaired) electrons. The average molecular weight is 627 g/mol. The van der Waals surface area contributed by atoms with E-state index in [1.165, 1.54) is 0 Å². The van der Waals surface area contributed by atoms with E-state index >= 15 is 0 Å². The largest absolute Gasteiger partial charge is 0.673 e. The van der Waals surface area contributed by atoms with Gasteiger partial charge in [0.25, 0.3) is 0 Å². The minimum Gasteiger partial charge on any atom is -0.418 e. The second-order valence-corrected chi connectivity index (χ2v) is 4.42. The zero-order valence-corrected chi connectivity index (χ0v) is 16.9. The number of hydrogen-bond donors (Lipinski definition) is 1. The normalized spacial score (nSPS) is 11.3. The van der Waals surface area contributed by atoms with Crippen molar-refractivity contribution >= 4 is 49.2 Å². The molecule has 0 aliphatic rings. The molecule has 0 aliphatic heterocycles. The van der Waals surface area contributed by atoms with Crippen molar-refractivity contribution in [2.24, 2.45) is 5.11 Å². The molecule has 32 heteroatoms. The van der Waals surface area contributed by atoms with Crippen LogP contribution in [0.5, 0.6) is 0 Å². The monoisotopic (exact) mass is 628 g/mol. The standard InChI is InChI=1S/C6H6N2.6BF4/c7-8-6-4-2-1-3-5-6;6*2-1(3,4)5/h1-5,7H;;;;;;/q;6*-1. The van der Waals surface area contributed by atoms with Gasteiger partial charge in [-0.2, -0.15) is 5.11 Å². The van der Waals surface area contributed by atoms with Gasteiger partial charge in [0.15, 0.2) is 0 Å². The number of benzene rings is 1. The molecule has 0 spiro atoms. The summed E-state index contributed by atoms with van der Waals surface area (Å²) in [6.07, 6.45) is 0. The number of hydrogen-bond acceptors (Lipinski definition) is 2. The first kappa shape index (κ1) is 48.6. The molecule has 232 valence electrons. The molecule has 0 heterocycles. The Hall–Kier alpha value is -2.47. The highest BCUT2D eigenvalue weighted by Crippen LogP contribution is 2.09. The Morgan fingerprint density at radius 1 is 0.342 bits per heavy atom. The van der Waals surface area contributed by atoms with Crippen molar-refractivity contribution in [2.45, 2.75) is 0 Å². The molecule has 0 bridgehead atoms. The van der Waals surface area contributed by atoms with E-state index in [0.717, 1.165) is 0 Å². The quantitative estimate of drug-likeness (QED) is 0.183. The number of rotatable bonds is 1. The van der Waals surface area contributed by atoms with Crippen LogP contribution in [0.1, 0.15) is 0 Å². The maximum Gasteiger partial charge on any atom is 0.673 e. The number of nitrogens with one attached hydrogen (secondary N) is 1. The second-order valence-electron chi connectivity index (χ2n) is 4.42. The van der Waals surface area contributed by atoms with Gasteiger partial charge in [0, 0.05) is 0 Å². The molecule has 1 aromatic carbocycles. The molecule has 0 aromatic heterocycles. The van der Waals surface area contributed by atoms with Crippen LogP contribution in [-0.2, 0) is 0 Å². The third-order valence-electron chi connectivity index (χ3n) is 0.885. The van der Waals surface area contributed by atoms with E-state index in [-0.39, 0.29) is 0 Å². The van der Waals surface area contributed by atoms with Gasteiger partial charge < -0.3 is 104 Å². The predicted octanol–water partition coefficient (Wildman–Crippen LogP) is 10.1. The van der Waals surface area contributed by atoms with E-state index < -0.39 is 43.5 Å². The van der Waals surface area contributed by atoms with Crippen molar-refractivity contribution < 1.29 is 104 Å². The molecule has 38 heavy (non-hydrogen) atoms. The number of para-hydroxylation sites is 1. The zero-order valence-electron chi connectivity index (χ0n) is 16.9. The Morgan fingerprint density at radius 2 is 0.474 bits per heavy atom. The fourth-order valence-corrected chi connectivity index (χ4v) is 0.503. The summed E-state index contributed by atoms with van der Waals surface area (Å²) >= 11 is 0. The van der Waals surface area contributed by atoms with E-state index in [4.69, 9.17) is 5.53 Å². The van der Waals surface area contributed by atoms with Crippen LogP contribution in [-0.4, -0.2) is 43.5 Å². The number of halogens is 24. The van der Waals surface area contributed by atoms with E-state index in [1.807, 2.05) is 18.2 Å². The minimum atomic E-state index is -6.00. The van der Waals surface area contributed by atoms with Gasteiger partial charge in [-0.25, -0.2) is 5.53 Å². The first-order valence-electron chi connectivity index (χ1n) is 7.60. The van der Waals surface area contributed by atoms with E-state index in [1.54, 1.807) is 12.1 Å². The van der Waals surface area contributed by atoms with E-state index in [9.17, 15) is 104 Å². The molecular formula is C6H6B6F24N2-6. The molecule has 0 amide bonds. The fraction of sp³-hybridized carbons (Fsp3) is 0. The molecule has 1 aromatic rings. The van der Waals surface area contributed by atoms with Crippen molar-refractivity contribution in [1.82, 2.24) is 0 Å². The van der Waals surface area contributed by atoms with Crippen molar-refractivity contribution in [1.29, 1.82) is 5.53 Å². The van der Waals surface area contributed by atoms with Gasteiger partial charge in [0.1, 0.15) is 0 Å². The van der Waals surface area contributed by atoms with Gasteiger partial charge in [-0.15, -0.1) is 0 Å². The highest BCUT2D eigenvalue weighted by Gasteiger charge is 2.22. The maximum absolute atomic E-state index is 9.75. The van der Waals surface area contributed by atoms with Crippen LogP contribution in [0.4, 0.5) is 109 Å². The number of nitrogens with zero attached hydrogens (tertiary/aromatic N) is 1. The Labute approximate surface area is 195 Å². The van der Waals surface area contributed by atoms with Crippen molar-refractivity contribution in [3.05, 3.63) is 30.3 Å². The molecule has 0 aliphatic carbocycles. The summed E-state index contributed by atoms with van der Waals surface area (Å²) < 4.78 is 234. The van der Waals surface area contributed by atoms with Crippen LogP contribution in [0.15, 0.2) is 35.4 Å². The molecule has 0 saturated heterocycles. The lowest BCUT2D eigenvalue weighted by Gasteiger charge is -1.94. The molecule has 1 N–H and O–H groups in total. The third-order valence-corrected chi connectivity index (χ3v) is 0.885. The van der Waals surface area contributed by atoms with Gasteiger partial charge in [0.05, 0.1) is 5.69 Å². The summed E-state index contributed by atoms with van der Waals surface area (Å²) in [4.78, 5) is 0. The maximum atomic E-state index is 9.75. The van der Waals surface area contributed by atoms with Gasteiger partial charge in [0.2, 0.25) is 0 Å². The average Bonchev–Trinajstić information content (AvgIpc) is 2.45. The molecule has 2 nitrogen and oxygen atoms in total. The Bertz CT molecular complexity index is 516. The summed E-state index contributed by atoms with van der Waals surface area (Å²) in [7, 11) is -36.0. The lowest BCUT2D eigenvalue weighted by Crippen LogP contribution is -2.02. The van der Waals surface area contributed by atoms with Gasteiger partial charge in [-0.05, 0) is 12.1 Å². The third kappa shape index (κ3) is 626. The summed E-state index contributed by atoms with van der Waals surface area (Å²) in [6, 6.07) is 9.18. The Balaban J connectivity index is -0.0000000795. The molecule has 1 rings (SSSR count). The predicted molar refractivity (Wildman–Crippen MR) is 92.4 cm³/mol. The molecule has 0 unspecified atom stereocenters. The van der Waals surface area contributed by atoms with Crippen LogP contribution in [0.25, 0.3) is 0 Å². The van der Waals surface area contributed by atoms with E-state index in [0.29, 0.717) is 5.69 Å². The van der Waals surface area contributed by atoms with Crippen molar-refractivity contribution in [3.63, 3.8) is 0 Å². The van der Waals surface area contributed by atoms with Gasteiger partial charge >= 0.3 is 43.5 Å². The zero-order chi connectivity index (χ0) is 32.8. The molecule has 0 saturated carbocycles. The highest BCUT2D eigenvalue weighted by atomic mass is 19.5.